The fourth-order valence-corrected chi connectivity index (χ4v) is 2.63. The lowest BCUT2D eigenvalue weighted by molar-refractivity contribution is -1.01. The molecule has 0 amide bonds. The molecule has 3 heteroatoms. The second-order valence-electron chi connectivity index (χ2n) is 5.70. The molecule has 2 atom stereocenters. The number of ether oxygens (including phenoxy) is 1. The third kappa shape index (κ3) is 1.99. The van der Waals surface area contributed by atoms with E-state index in [2.05, 4.69) is 32.9 Å². The van der Waals surface area contributed by atoms with Crippen LogP contribution < -0.4 is 0 Å². The first-order chi connectivity index (χ1) is 8.01. The Kier molecular flexibility index (Phi) is 3.25. The fraction of sp³-hybridized carbons (Fsp3) is 0.571. The van der Waals surface area contributed by atoms with Crippen LogP contribution in [0.25, 0.3) is 0 Å². The summed E-state index contributed by atoms with van der Waals surface area (Å²) in [6.45, 7) is 8.16. The zero-order valence-corrected chi connectivity index (χ0v) is 10.9. The van der Waals surface area contributed by atoms with Crippen molar-refractivity contribution in [2.45, 2.75) is 32.5 Å². The van der Waals surface area contributed by atoms with Gasteiger partial charge < -0.3 is 9.84 Å². The zero-order valence-electron chi connectivity index (χ0n) is 10.9. The monoisotopic (exact) mass is 236 g/mol. The first kappa shape index (κ1) is 12.6. The van der Waals surface area contributed by atoms with Crippen LogP contribution >= 0.6 is 0 Å². The van der Waals surface area contributed by atoms with Crippen molar-refractivity contribution in [2.75, 3.05) is 19.9 Å². The molecule has 0 bridgehead atoms. The Balaban J connectivity index is 2.40. The summed E-state index contributed by atoms with van der Waals surface area (Å²) in [5.74, 6) is 0. The van der Waals surface area contributed by atoms with Crippen LogP contribution in [0.1, 0.15) is 32.6 Å². The van der Waals surface area contributed by atoms with E-state index in [4.69, 9.17) is 4.74 Å². The summed E-state index contributed by atoms with van der Waals surface area (Å²) in [4.78, 5) is 0. The van der Waals surface area contributed by atoms with Crippen molar-refractivity contribution in [3.8, 4) is 0 Å². The van der Waals surface area contributed by atoms with Gasteiger partial charge in [0.25, 0.3) is 0 Å². The molecule has 0 aromatic heterocycles. The summed E-state index contributed by atoms with van der Waals surface area (Å²) in [5.41, 5.74) is 1.11. The van der Waals surface area contributed by atoms with E-state index in [0.29, 0.717) is 11.1 Å². The number of aliphatic hydroxyl groups excluding tert-OH is 1. The maximum Gasteiger partial charge on any atom is 0.222 e. The van der Waals surface area contributed by atoms with Gasteiger partial charge in [-0.1, -0.05) is 30.3 Å². The number of nitrogens with zero attached hydrogens (tertiary/aromatic N) is 1. The van der Waals surface area contributed by atoms with Crippen molar-refractivity contribution in [3.63, 3.8) is 0 Å². The van der Waals surface area contributed by atoms with E-state index >= 15 is 0 Å². The van der Waals surface area contributed by atoms with Gasteiger partial charge in [-0.05, 0) is 20.8 Å². The summed E-state index contributed by atoms with van der Waals surface area (Å²) in [7, 11) is 0. The summed E-state index contributed by atoms with van der Waals surface area (Å²) in [5, 5.41) is 9.88. The highest BCUT2D eigenvalue weighted by atomic mass is 16.5. The Bertz CT molecular complexity index is 372. The van der Waals surface area contributed by atoms with Crippen LogP contribution in [0.3, 0.4) is 0 Å². The maximum atomic E-state index is 9.88. The van der Waals surface area contributed by atoms with Gasteiger partial charge in [-0.15, -0.1) is 0 Å². The van der Waals surface area contributed by atoms with Gasteiger partial charge in [0.2, 0.25) is 6.23 Å². The molecule has 1 N–H and O–H groups in total. The highest BCUT2D eigenvalue weighted by Crippen LogP contribution is 2.41. The van der Waals surface area contributed by atoms with E-state index in [1.54, 1.807) is 0 Å². The van der Waals surface area contributed by atoms with Crippen molar-refractivity contribution in [3.05, 3.63) is 35.9 Å². The van der Waals surface area contributed by atoms with E-state index in [1.807, 2.05) is 18.2 Å². The van der Waals surface area contributed by atoms with Crippen LogP contribution in [0.15, 0.2) is 30.3 Å². The topological polar surface area (TPSA) is 29.5 Å². The van der Waals surface area contributed by atoms with E-state index in [-0.39, 0.29) is 18.5 Å². The highest BCUT2D eigenvalue weighted by Gasteiger charge is 2.51. The van der Waals surface area contributed by atoms with Gasteiger partial charge >= 0.3 is 0 Å². The number of aliphatic hydroxyl groups is 1. The molecular formula is C14H22NO2+. The van der Waals surface area contributed by atoms with Crippen LogP contribution in [-0.4, -0.2) is 35.0 Å². The molecule has 0 aliphatic carbocycles. The number of rotatable bonds is 2. The summed E-state index contributed by atoms with van der Waals surface area (Å²) in [6.07, 6.45) is -0.0544. The SMILES string of the molecule is CC(C)(C)[N+]1(CO)CCOC1c1ccccc1. The Morgan fingerprint density at radius 1 is 1.29 bits per heavy atom. The molecule has 1 aliphatic heterocycles. The minimum absolute atomic E-state index is 0.0360. The Morgan fingerprint density at radius 2 is 1.94 bits per heavy atom. The maximum absolute atomic E-state index is 9.88. The number of quaternary nitrogens is 1. The van der Waals surface area contributed by atoms with Crippen molar-refractivity contribution < 1.29 is 14.3 Å². The van der Waals surface area contributed by atoms with E-state index in [1.165, 1.54) is 0 Å². The normalized spacial score (nSPS) is 29.5. The molecule has 0 radical (unpaired) electrons. The fourth-order valence-electron chi connectivity index (χ4n) is 2.63. The molecule has 0 spiro atoms. The van der Waals surface area contributed by atoms with Gasteiger partial charge in [-0.3, -0.25) is 4.48 Å². The zero-order chi connectivity index (χ0) is 12.5. The van der Waals surface area contributed by atoms with Crippen LogP contribution in [0, 0.1) is 0 Å². The molecule has 1 saturated heterocycles. The van der Waals surface area contributed by atoms with Crippen LogP contribution in [0.5, 0.6) is 0 Å². The molecule has 1 heterocycles. The van der Waals surface area contributed by atoms with E-state index in [0.717, 1.165) is 12.1 Å². The Hall–Kier alpha value is -0.900. The van der Waals surface area contributed by atoms with Crippen molar-refractivity contribution >= 4 is 0 Å². The standard InChI is InChI=1S/C14H22NO2/c1-14(2,3)15(11-16)9-10-17-13(15)12-7-5-4-6-8-12/h4-8,13,16H,9-11H2,1-3H3/q+1. The molecule has 2 unspecified atom stereocenters. The number of hydrogen-bond donors (Lipinski definition) is 1. The molecular weight excluding hydrogens is 214 g/mol. The van der Waals surface area contributed by atoms with Gasteiger partial charge in [0.1, 0.15) is 13.2 Å². The smallest absolute Gasteiger partial charge is 0.222 e. The lowest BCUT2D eigenvalue weighted by Crippen LogP contribution is -2.60. The average molecular weight is 236 g/mol. The lowest BCUT2D eigenvalue weighted by Gasteiger charge is -2.46. The summed E-state index contributed by atoms with van der Waals surface area (Å²) >= 11 is 0. The van der Waals surface area contributed by atoms with Crippen LogP contribution in [0.2, 0.25) is 0 Å². The van der Waals surface area contributed by atoms with Gasteiger partial charge in [0.15, 0.2) is 6.73 Å². The largest absolute Gasteiger partial charge is 0.347 e. The summed E-state index contributed by atoms with van der Waals surface area (Å²) < 4.78 is 6.46. The molecule has 2 rings (SSSR count). The molecule has 0 saturated carbocycles. The van der Waals surface area contributed by atoms with E-state index < -0.39 is 0 Å². The lowest BCUT2D eigenvalue weighted by atomic mass is 9.99. The third-order valence-electron chi connectivity index (χ3n) is 3.89. The molecule has 1 aromatic rings. The van der Waals surface area contributed by atoms with Gasteiger partial charge in [-0.2, -0.15) is 0 Å². The van der Waals surface area contributed by atoms with Gasteiger partial charge in [0.05, 0.1) is 5.54 Å². The molecule has 1 fully saturated rings. The average Bonchev–Trinajstić information content (AvgIpc) is 2.74. The van der Waals surface area contributed by atoms with Gasteiger partial charge in [-0.25, -0.2) is 0 Å². The third-order valence-corrected chi connectivity index (χ3v) is 3.89. The number of hydrogen-bond acceptors (Lipinski definition) is 2. The summed E-state index contributed by atoms with van der Waals surface area (Å²) in [6, 6.07) is 10.2. The van der Waals surface area contributed by atoms with E-state index in [9.17, 15) is 5.11 Å². The number of benzene rings is 1. The quantitative estimate of drug-likeness (QED) is 0.798. The molecule has 94 valence electrons. The van der Waals surface area contributed by atoms with Crippen LogP contribution in [0.4, 0.5) is 0 Å². The predicted octanol–water partition coefficient (Wildman–Crippen LogP) is 2.28. The van der Waals surface area contributed by atoms with Crippen molar-refractivity contribution in [1.29, 1.82) is 0 Å². The minimum Gasteiger partial charge on any atom is -0.347 e. The first-order valence-electron chi connectivity index (χ1n) is 6.15. The highest BCUT2D eigenvalue weighted by molar-refractivity contribution is 5.16. The van der Waals surface area contributed by atoms with Gasteiger partial charge in [0, 0.05) is 5.56 Å². The predicted molar refractivity (Wildman–Crippen MR) is 67.1 cm³/mol. The van der Waals surface area contributed by atoms with Crippen molar-refractivity contribution in [2.24, 2.45) is 0 Å². The first-order valence-corrected chi connectivity index (χ1v) is 6.15. The Labute approximate surface area is 103 Å². The second-order valence-corrected chi connectivity index (χ2v) is 5.70. The van der Waals surface area contributed by atoms with Crippen LogP contribution in [-0.2, 0) is 4.74 Å². The molecule has 17 heavy (non-hydrogen) atoms. The minimum atomic E-state index is -0.0544. The van der Waals surface area contributed by atoms with Crippen molar-refractivity contribution in [1.82, 2.24) is 0 Å². The second kappa shape index (κ2) is 4.41. The molecule has 1 aromatic carbocycles. The Morgan fingerprint density at radius 3 is 2.47 bits per heavy atom. The molecule has 1 aliphatic rings. The molecule has 3 nitrogen and oxygen atoms in total.